The SMILES string of the molecule is CN(C)c1ccc(CN2Cc3ccc(N(C)C)cc3C2CN)cc1. The van der Waals surface area contributed by atoms with E-state index in [1.807, 2.05) is 0 Å². The van der Waals surface area contributed by atoms with E-state index in [0.29, 0.717) is 12.6 Å². The average Bonchev–Trinajstić information content (AvgIpc) is 2.91. The Morgan fingerprint density at radius 1 is 0.958 bits per heavy atom. The van der Waals surface area contributed by atoms with Crippen LogP contribution in [0.1, 0.15) is 22.7 Å². The van der Waals surface area contributed by atoms with Crippen LogP contribution in [0.5, 0.6) is 0 Å². The standard InChI is InChI=1S/C20H28N4/c1-22(2)17-8-5-15(6-9-17)13-24-14-16-7-10-18(23(3)4)11-19(16)20(24)12-21/h5-11,20H,12-14,21H2,1-4H3. The highest BCUT2D eigenvalue weighted by molar-refractivity contribution is 5.52. The van der Waals surface area contributed by atoms with Gasteiger partial charge in [0.25, 0.3) is 0 Å². The van der Waals surface area contributed by atoms with Crippen molar-refractivity contribution in [1.29, 1.82) is 0 Å². The summed E-state index contributed by atoms with van der Waals surface area (Å²) in [7, 11) is 8.30. The van der Waals surface area contributed by atoms with E-state index in [9.17, 15) is 0 Å². The number of anilines is 2. The molecule has 0 saturated heterocycles. The number of nitrogens with two attached hydrogens (primary N) is 1. The maximum absolute atomic E-state index is 6.12. The Balaban J connectivity index is 1.79. The van der Waals surface area contributed by atoms with Gasteiger partial charge in [-0.1, -0.05) is 18.2 Å². The molecular weight excluding hydrogens is 296 g/mol. The topological polar surface area (TPSA) is 35.7 Å². The van der Waals surface area contributed by atoms with Gasteiger partial charge in [0.1, 0.15) is 0 Å². The molecule has 1 atom stereocenters. The van der Waals surface area contributed by atoms with Crippen molar-refractivity contribution in [2.24, 2.45) is 5.73 Å². The van der Waals surface area contributed by atoms with Crippen molar-refractivity contribution in [3.05, 3.63) is 59.2 Å². The van der Waals surface area contributed by atoms with Crippen LogP contribution in [0.25, 0.3) is 0 Å². The lowest BCUT2D eigenvalue weighted by Crippen LogP contribution is -2.27. The number of hydrogen-bond acceptors (Lipinski definition) is 4. The van der Waals surface area contributed by atoms with Crippen molar-refractivity contribution in [1.82, 2.24) is 4.90 Å². The molecule has 4 nitrogen and oxygen atoms in total. The number of benzene rings is 2. The van der Waals surface area contributed by atoms with E-state index in [1.165, 1.54) is 28.1 Å². The third kappa shape index (κ3) is 3.25. The van der Waals surface area contributed by atoms with Crippen LogP contribution in [0.15, 0.2) is 42.5 Å². The van der Waals surface area contributed by atoms with Gasteiger partial charge in [0.15, 0.2) is 0 Å². The highest BCUT2D eigenvalue weighted by atomic mass is 15.2. The predicted molar refractivity (Wildman–Crippen MR) is 103 cm³/mol. The molecule has 128 valence electrons. The summed E-state index contributed by atoms with van der Waals surface area (Å²) in [5, 5.41) is 0. The number of hydrogen-bond donors (Lipinski definition) is 1. The van der Waals surface area contributed by atoms with Crippen LogP contribution in [-0.4, -0.2) is 39.6 Å². The minimum Gasteiger partial charge on any atom is -0.378 e. The zero-order chi connectivity index (χ0) is 17.3. The van der Waals surface area contributed by atoms with Crippen molar-refractivity contribution >= 4 is 11.4 Å². The smallest absolute Gasteiger partial charge is 0.0481 e. The Kier molecular flexibility index (Phi) is 4.78. The molecule has 0 fully saturated rings. The molecule has 2 N–H and O–H groups in total. The van der Waals surface area contributed by atoms with E-state index >= 15 is 0 Å². The fourth-order valence-corrected chi connectivity index (χ4v) is 3.42. The molecule has 0 amide bonds. The first-order valence-corrected chi connectivity index (χ1v) is 8.50. The first-order chi connectivity index (χ1) is 11.5. The molecular formula is C20H28N4. The Bertz CT molecular complexity index is 691. The summed E-state index contributed by atoms with van der Waals surface area (Å²) < 4.78 is 0. The molecule has 3 rings (SSSR count). The van der Waals surface area contributed by atoms with E-state index in [-0.39, 0.29) is 0 Å². The first kappa shape index (κ1) is 16.8. The minimum atomic E-state index is 0.299. The molecule has 0 radical (unpaired) electrons. The average molecular weight is 324 g/mol. The van der Waals surface area contributed by atoms with Crippen LogP contribution in [0, 0.1) is 0 Å². The first-order valence-electron chi connectivity index (χ1n) is 8.50. The zero-order valence-corrected chi connectivity index (χ0v) is 15.2. The van der Waals surface area contributed by atoms with Crippen LogP contribution >= 0.6 is 0 Å². The summed E-state index contributed by atoms with van der Waals surface area (Å²) >= 11 is 0. The Hall–Kier alpha value is -2.04. The van der Waals surface area contributed by atoms with Gasteiger partial charge >= 0.3 is 0 Å². The fourth-order valence-electron chi connectivity index (χ4n) is 3.42. The van der Waals surface area contributed by atoms with Crippen molar-refractivity contribution in [3.8, 4) is 0 Å². The van der Waals surface area contributed by atoms with Crippen LogP contribution in [-0.2, 0) is 13.1 Å². The summed E-state index contributed by atoms with van der Waals surface area (Å²) in [6, 6.07) is 15.8. The maximum atomic E-state index is 6.12. The van der Waals surface area contributed by atoms with E-state index in [2.05, 4.69) is 85.4 Å². The van der Waals surface area contributed by atoms with Crippen LogP contribution in [0.3, 0.4) is 0 Å². The molecule has 1 unspecified atom stereocenters. The second-order valence-corrected chi connectivity index (χ2v) is 6.99. The monoisotopic (exact) mass is 324 g/mol. The molecule has 1 aliphatic heterocycles. The normalized spacial score (nSPS) is 17.0. The Morgan fingerprint density at radius 2 is 1.58 bits per heavy atom. The fraction of sp³-hybridized carbons (Fsp3) is 0.400. The van der Waals surface area contributed by atoms with Crippen LogP contribution in [0.4, 0.5) is 11.4 Å². The predicted octanol–water partition coefficient (Wildman–Crippen LogP) is 2.83. The third-order valence-corrected chi connectivity index (χ3v) is 4.88. The second-order valence-electron chi connectivity index (χ2n) is 6.99. The van der Waals surface area contributed by atoms with Crippen LogP contribution < -0.4 is 15.5 Å². The molecule has 2 aromatic carbocycles. The van der Waals surface area contributed by atoms with Gasteiger partial charge < -0.3 is 15.5 Å². The molecule has 4 heteroatoms. The Labute approximate surface area is 145 Å². The van der Waals surface area contributed by atoms with Crippen molar-refractivity contribution in [2.45, 2.75) is 19.1 Å². The maximum Gasteiger partial charge on any atom is 0.0481 e. The van der Waals surface area contributed by atoms with Gasteiger partial charge in [-0.25, -0.2) is 0 Å². The molecule has 0 aromatic heterocycles. The number of nitrogens with zero attached hydrogens (tertiary/aromatic N) is 3. The number of rotatable bonds is 5. The van der Waals surface area contributed by atoms with Gasteiger partial charge in [0, 0.05) is 65.2 Å². The molecule has 0 saturated carbocycles. The second kappa shape index (κ2) is 6.83. The van der Waals surface area contributed by atoms with Gasteiger partial charge in [-0.05, 0) is 41.0 Å². The van der Waals surface area contributed by atoms with Crippen LogP contribution in [0.2, 0.25) is 0 Å². The molecule has 1 aliphatic rings. The highest BCUT2D eigenvalue weighted by Crippen LogP contribution is 2.36. The summed E-state index contributed by atoms with van der Waals surface area (Å²) in [5.41, 5.74) is 12.7. The molecule has 0 spiro atoms. The van der Waals surface area contributed by atoms with E-state index < -0.39 is 0 Å². The molecule has 1 heterocycles. The molecule has 0 bridgehead atoms. The lowest BCUT2D eigenvalue weighted by molar-refractivity contribution is 0.211. The third-order valence-electron chi connectivity index (χ3n) is 4.88. The zero-order valence-electron chi connectivity index (χ0n) is 15.2. The summed E-state index contributed by atoms with van der Waals surface area (Å²) in [6.07, 6.45) is 0. The van der Waals surface area contributed by atoms with Crippen molar-refractivity contribution in [2.75, 3.05) is 44.5 Å². The van der Waals surface area contributed by atoms with Gasteiger partial charge in [0.2, 0.25) is 0 Å². The van der Waals surface area contributed by atoms with Gasteiger partial charge in [0.05, 0.1) is 0 Å². The minimum absolute atomic E-state index is 0.299. The van der Waals surface area contributed by atoms with E-state index in [1.54, 1.807) is 0 Å². The number of fused-ring (bicyclic) bond motifs is 1. The van der Waals surface area contributed by atoms with Crippen molar-refractivity contribution in [3.63, 3.8) is 0 Å². The lowest BCUT2D eigenvalue weighted by Gasteiger charge is -2.24. The summed E-state index contributed by atoms with van der Waals surface area (Å²) in [4.78, 5) is 6.76. The molecule has 0 aliphatic carbocycles. The van der Waals surface area contributed by atoms with Gasteiger partial charge in [-0.15, -0.1) is 0 Å². The van der Waals surface area contributed by atoms with Crippen molar-refractivity contribution < 1.29 is 0 Å². The summed E-state index contributed by atoms with van der Waals surface area (Å²) in [5.74, 6) is 0. The largest absolute Gasteiger partial charge is 0.378 e. The Morgan fingerprint density at radius 3 is 2.17 bits per heavy atom. The quantitative estimate of drug-likeness (QED) is 0.917. The van der Waals surface area contributed by atoms with E-state index in [0.717, 1.165) is 13.1 Å². The molecule has 2 aromatic rings. The van der Waals surface area contributed by atoms with E-state index in [4.69, 9.17) is 5.73 Å². The summed E-state index contributed by atoms with van der Waals surface area (Å²) in [6.45, 7) is 2.56. The molecule has 24 heavy (non-hydrogen) atoms. The lowest BCUT2D eigenvalue weighted by atomic mass is 10.0. The highest BCUT2D eigenvalue weighted by Gasteiger charge is 2.29. The van der Waals surface area contributed by atoms with Gasteiger partial charge in [-0.3, -0.25) is 4.90 Å². The van der Waals surface area contributed by atoms with Gasteiger partial charge in [-0.2, -0.15) is 0 Å².